The highest BCUT2D eigenvalue weighted by atomic mass is 32.2. The molecular weight excluding hydrogens is 340 g/mol. The van der Waals surface area contributed by atoms with E-state index in [-0.39, 0.29) is 11.4 Å². The van der Waals surface area contributed by atoms with Crippen LogP contribution in [0.3, 0.4) is 0 Å². The first-order valence-electron chi connectivity index (χ1n) is 8.12. The van der Waals surface area contributed by atoms with E-state index in [1.165, 1.54) is 0 Å². The molecule has 1 aromatic heterocycles. The molecule has 0 saturated heterocycles. The van der Waals surface area contributed by atoms with Crippen molar-refractivity contribution in [2.45, 2.75) is 25.3 Å². The Hall–Kier alpha value is -2.32. The Morgan fingerprint density at radius 1 is 1.12 bits per heavy atom. The van der Waals surface area contributed by atoms with Crippen molar-refractivity contribution >= 4 is 16.0 Å². The number of rotatable bonds is 8. The molecule has 7 nitrogen and oxygen atoms in total. The first kappa shape index (κ1) is 19.0. The van der Waals surface area contributed by atoms with Crippen LogP contribution in [0.2, 0.25) is 0 Å². The lowest BCUT2D eigenvalue weighted by Crippen LogP contribution is -2.41. The second kappa shape index (κ2) is 9.24. The standard InChI is InChI=1S/C17H24N4O3S/c1-3-18-17(20-13-15-5-4-12-24-15)19-10-11-21-25(22,23)16-8-6-14(2)7-9-16/h4-9,12,21H,3,10-11,13H2,1-2H3,(H2,18,19,20). The van der Waals surface area contributed by atoms with Gasteiger partial charge in [-0.15, -0.1) is 0 Å². The lowest BCUT2D eigenvalue weighted by molar-refractivity contribution is 0.512. The van der Waals surface area contributed by atoms with Crippen LogP contribution in [0.15, 0.2) is 57.0 Å². The normalized spacial score (nSPS) is 12.2. The number of hydrogen-bond donors (Lipinski definition) is 3. The molecule has 0 spiro atoms. The van der Waals surface area contributed by atoms with Gasteiger partial charge in [-0.05, 0) is 38.1 Å². The summed E-state index contributed by atoms with van der Waals surface area (Å²) < 4.78 is 32.2. The van der Waals surface area contributed by atoms with Gasteiger partial charge in [0.1, 0.15) is 12.3 Å². The predicted molar refractivity (Wildman–Crippen MR) is 97.9 cm³/mol. The fourth-order valence-electron chi connectivity index (χ4n) is 2.07. The number of guanidine groups is 1. The van der Waals surface area contributed by atoms with E-state index in [9.17, 15) is 8.42 Å². The third-order valence-electron chi connectivity index (χ3n) is 3.36. The second-order valence-electron chi connectivity index (χ2n) is 5.41. The van der Waals surface area contributed by atoms with Gasteiger partial charge >= 0.3 is 0 Å². The van der Waals surface area contributed by atoms with Crippen molar-refractivity contribution in [2.75, 3.05) is 19.6 Å². The Morgan fingerprint density at radius 2 is 1.88 bits per heavy atom. The number of nitrogens with one attached hydrogen (secondary N) is 3. The van der Waals surface area contributed by atoms with Crippen molar-refractivity contribution in [2.24, 2.45) is 4.99 Å². The summed E-state index contributed by atoms with van der Waals surface area (Å²) in [5.41, 5.74) is 1.02. The number of nitrogens with zero attached hydrogens (tertiary/aromatic N) is 1. The molecule has 3 N–H and O–H groups in total. The fraction of sp³-hybridized carbons (Fsp3) is 0.353. The smallest absolute Gasteiger partial charge is 0.240 e. The molecular formula is C17H24N4O3S. The molecule has 25 heavy (non-hydrogen) atoms. The maximum absolute atomic E-state index is 12.2. The van der Waals surface area contributed by atoms with E-state index >= 15 is 0 Å². The molecule has 0 atom stereocenters. The van der Waals surface area contributed by atoms with Crippen LogP contribution in [0.4, 0.5) is 0 Å². The molecule has 8 heteroatoms. The van der Waals surface area contributed by atoms with Gasteiger partial charge in [0, 0.05) is 19.6 Å². The Balaban J connectivity index is 1.83. The lowest BCUT2D eigenvalue weighted by atomic mass is 10.2. The van der Waals surface area contributed by atoms with E-state index < -0.39 is 10.0 Å². The van der Waals surface area contributed by atoms with Crippen molar-refractivity contribution in [1.82, 2.24) is 15.4 Å². The van der Waals surface area contributed by atoms with Crippen LogP contribution in [0.25, 0.3) is 0 Å². The van der Waals surface area contributed by atoms with Gasteiger partial charge in [0.2, 0.25) is 10.0 Å². The Morgan fingerprint density at radius 3 is 2.52 bits per heavy atom. The first-order valence-corrected chi connectivity index (χ1v) is 9.60. The molecule has 1 heterocycles. The average molecular weight is 364 g/mol. The molecule has 136 valence electrons. The second-order valence-corrected chi connectivity index (χ2v) is 7.18. The van der Waals surface area contributed by atoms with Crippen molar-refractivity contribution in [3.63, 3.8) is 0 Å². The van der Waals surface area contributed by atoms with Crippen LogP contribution >= 0.6 is 0 Å². The van der Waals surface area contributed by atoms with Gasteiger partial charge < -0.3 is 15.1 Å². The lowest BCUT2D eigenvalue weighted by Gasteiger charge is -2.12. The summed E-state index contributed by atoms with van der Waals surface area (Å²) in [6.07, 6.45) is 1.60. The molecule has 0 aliphatic carbocycles. The molecule has 0 radical (unpaired) electrons. The molecule has 0 aliphatic heterocycles. The summed E-state index contributed by atoms with van der Waals surface area (Å²) in [6.45, 7) is 5.66. The molecule has 0 bridgehead atoms. The molecule has 1 aromatic carbocycles. The van der Waals surface area contributed by atoms with Gasteiger partial charge in [-0.2, -0.15) is 0 Å². The summed E-state index contributed by atoms with van der Waals surface area (Å²) in [4.78, 5) is 4.64. The number of furan rings is 1. The average Bonchev–Trinajstić information content (AvgIpc) is 3.10. The topological polar surface area (TPSA) is 95.7 Å². The van der Waals surface area contributed by atoms with E-state index in [0.717, 1.165) is 11.3 Å². The first-order chi connectivity index (χ1) is 12.0. The van der Waals surface area contributed by atoms with Crippen molar-refractivity contribution in [1.29, 1.82) is 0 Å². The Bertz CT molecular complexity index is 769. The Kier molecular flexibility index (Phi) is 7.03. The van der Waals surface area contributed by atoms with Gasteiger partial charge in [0.25, 0.3) is 0 Å². The van der Waals surface area contributed by atoms with E-state index in [0.29, 0.717) is 25.6 Å². The minimum atomic E-state index is -3.50. The monoisotopic (exact) mass is 364 g/mol. The highest BCUT2D eigenvalue weighted by Crippen LogP contribution is 2.09. The van der Waals surface area contributed by atoms with Crippen LogP contribution < -0.4 is 15.4 Å². The highest BCUT2D eigenvalue weighted by molar-refractivity contribution is 7.89. The van der Waals surface area contributed by atoms with Crippen LogP contribution in [-0.2, 0) is 16.6 Å². The van der Waals surface area contributed by atoms with Gasteiger partial charge in [-0.25, -0.2) is 18.1 Å². The SMILES string of the molecule is CCNC(=NCc1ccco1)NCCNS(=O)(=O)c1ccc(C)cc1. The third-order valence-corrected chi connectivity index (χ3v) is 4.84. The summed E-state index contributed by atoms with van der Waals surface area (Å²) in [6, 6.07) is 10.4. The molecule has 0 amide bonds. The van der Waals surface area contributed by atoms with Crippen molar-refractivity contribution in [3.05, 3.63) is 54.0 Å². The zero-order valence-electron chi connectivity index (χ0n) is 14.5. The van der Waals surface area contributed by atoms with Gasteiger partial charge in [0.15, 0.2) is 5.96 Å². The molecule has 0 saturated carbocycles. The largest absolute Gasteiger partial charge is 0.467 e. The zero-order chi connectivity index (χ0) is 18.1. The number of benzene rings is 1. The minimum absolute atomic E-state index is 0.251. The Labute approximate surface area is 148 Å². The van der Waals surface area contributed by atoms with Crippen molar-refractivity contribution in [3.8, 4) is 0 Å². The predicted octanol–water partition coefficient (Wildman–Crippen LogP) is 1.62. The highest BCUT2D eigenvalue weighted by Gasteiger charge is 2.12. The van der Waals surface area contributed by atoms with E-state index in [2.05, 4.69) is 20.3 Å². The van der Waals surface area contributed by atoms with Crippen LogP contribution in [0, 0.1) is 6.92 Å². The summed E-state index contributed by atoms with van der Waals surface area (Å²) in [5, 5.41) is 6.19. The van der Waals surface area contributed by atoms with Gasteiger partial charge in [0.05, 0.1) is 11.2 Å². The molecule has 2 aromatic rings. The van der Waals surface area contributed by atoms with Gasteiger partial charge in [-0.3, -0.25) is 0 Å². The molecule has 2 rings (SSSR count). The van der Waals surface area contributed by atoms with Gasteiger partial charge in [-0.1, -0.05) is 17.7 Å². The van der Waals surface area contributed by atoms with Crippen LogP contribution in [0.1, 0.15) is 18.2 Å². The number of hydrogen-bond acceptors (Lipinski definition) is 4. The quantitative estimate of drug-likeness (QED) is 0.376. The fourth-order valence-corrected chi connectivity index (χ4v) is 3.10. The van der Waals surface area contributed by atoms with E-state index in [4.69, 9.17) is 4.42 Å². The third kappa shape index (κ3) is 6.24. The molecule has 0 aliphatic rings. The van der Waals surface area contributed by atoms with Crippen LogP contribution in [0.5, 0.6) is 0 Å². The summed E-state index contributed by atoms with van der Waals surface area (Å²) in [5.74, 6) is 1.37. The summed E-state index contributed by atoms with van der Waals surface area (Å²) >= 11 is 0. The number of aryl methyl sites for hydroxylation is 1. The van der Waals surface area contributed by atoms with E-state index in [1.54, 1.807) is 30.5 Å². The minimum Gasteiger partial charge on any atom is -0.467 e. The molecule has 0 fully saturated rings. The maximum Gasteiger partial charge on any atom is 0.240 e. The maximum atomic E-state index is 12.2. The van der Waals surface area contributed by atoms with Crippen molar-refractivity contribution < 1.29 is 12.8 Å². The number of aliphatic imine (C=N–C) groups is 1. The van der Waals surface area contributed by atoms with Crippen LogP contribution in [-0.4, -0.2) is 34.0 Å². The number of sulfonamides is 1. The van der Waals surface area contributed by atoms with E-state index in [1.807, 2.05) is 26.0 Å². The summed E-state index contributed by atoms with van der Waals surface area (Å²) in [7, 11) is -3.50. The molecule has 0 unspecified atom stereocenters. The zero-order valence-corrected chi connectivity index (χ0v) is 15.3.